The molecule has 2 aromatic heterocycles. The van der Waals surface area contributed by atoms with Gasteiger partial charge in [-0.2, -0.15) is 0 Å². The number of aromatic amines is 1. The van der Waals surface area contributed by atoms with Crippen LogP contribution in [0.25, 0.3) is 22.2 Å². The van der Waals surface area contributed by atoms with Crippen LogP contribution in [0.15, 0.2) is 54.9 Å². The Bertz CT molecular complexity index is 2050. The van der Waals surface area contributed by atoms with Crippen LogP contribution in [-0.2, 0) is 14.4 Å². The number of amides is 5. The largest absolute Gasteiger partial charge is 0.483 e. The molecular formula is C38H41ClN8O6. The molecule has 1 saturated heterocycles. The molecule has 1 unspecified atom stereocenters. The maximum Gasteiger partial charge on any atom is 0.266 e. The average Bonchev–Trinajstić information content (AvgIpc) is 3.86. The number of piperidine rings is 1. The number of rotatable bonds is 15. The molecule has 1 saturated carbocycles. The monoisotopic (exact) mass is 740 g/mol. The van der Waals surface area contributed by atoms with Crippen LogP contribution >= 0.6 is 11.6 Å². The van der Waals surface area contributed by atoms with Gasteiger partial charge in [-0.15, -0.1) is 0 Å². The van der Waals surface area contributed by atoms with Gasteiger partial charge in [-0.05, 0) is 63.3 Å². The van der Waals surface area contributed by atoms with Gasteiger partial charge < -0.3 is 25.7 Å². The second-order valence-corrected chi connectivity index (χ2v) is 14.0. The van der Waals surface area contributed by atoms with E-state index >= 15 is 0 Å². The molecule has 1 aliphatic carbocycles. The minimum Gasteiger partial charge on any atom is -0.483 e. The molecule has 14 nitrogen and oxygen atoms in total. The van der Waals surface area contributed by atoms with Crippen LogP contribution in [0.3, 0.4) is 0 Å². The molecule has 2 aromatic carbocycles. The smallest absolute Gasteiger partial charge is 0.266 e. The minimum atomic E-state index is -1.08. The second-order valence-electron chi connectivity index (χ2n) is 13.6. The van der Waals surface area contributed by atoms with Crippen molar-refractivity contribution in [3.05, 3.63) is 71.0 Å². The number of carbonyl (C=O) groups is 5. The minimum absolute atomic E-state index is 0.0134. The first-order chi connectivity index (χ1) is 25.8. The molecule has 53 heavy (non-hydrogen) atoms. The SMILES string of the molecule is O=C(COc1cccc2c1C(=O)N(C1CCC(=O)NC1=O)C2=O)NCCCCCCN[C@H]1CC[C@H](Nc2ncc(Cl)c(-c3c[nH]c4ccccc34)n2)C1. The zero-order valence-corrected chi connectivity index (χ0v) is 29.8. The fraction of sp³-hybridized carbons (Fsp3) is 0.395. The molecule has 5 amide bonds. The Kier molecular flexibility index (Phi) is 11.0. The Morgan fingerprint density at radius 2 is 1.74 bits per heavy atom. The molecule has 0 spiro atoms. The molecule has 5 N–H and O–H groups in total. The molecule has 15 heteroatoms. The van der Waals surface area contributed by atoms with Crippen molar-refractivity contribution in [2.24, 2.45) is 0 Å². The van der Waals surface area contributed by atoms with Gasteiger partial charge in [-0.3, -0.25) is 34.2 Å². The summed E-state index contributed by atoms with van der Waals surface area (Å²) in [5.41, 5.74) is 2.79. The summed E-state index contributed by atoms with van der Waals surface area (Å²) in [6, 6.07) is 12.2. The number of imide groups is 2. The van der Waals surface area contributed by atoms with E-state index < -0.39 is 29.7 Å². The van der Waals surface area contributed by atoms with Crippen LogP contribution in [-0.4, -0.2) is 87.2 Å². The van der Waals surface area contributed by atoms with Crippen molar-refractivity contribution in [2.45, 2.75) is 75.9 Å². The first-order valence-electron chi connectivity index (χ1n) is 18.1. The standard InChI is InChI=1S/C38H41ClN8O6/c39-27-20-43-38(46-34(27)26-19-42-28-10-4-3-8-24(26)28)44-23-13-12-22(18-23)40-16-5-1-2-6-17-41-32(49)21-53-30-11-7-9-25-33(30)37(52)47(36(25)51)29-14-15-31(48)45-35(29)50/h3-4,7-11,19-20,22-23,29,40,42H,1-2,5-6,12-18,21H2,(H,41,49)(H,43,44,46)(H,45,48,50)/t22-,23-,29?/m0/s1. The van der Waals surface area contributed by atoms with Gasteiger partial charge in [0.05, 0.1) is 28.0 Å². The van der Waals surface area contributed by atoms with Gasteiger partial charge in [0.25, 0.3) is 17.7 Å². The highest BCUT2D eigenvalue weighted by molar-refractivity contribution is 6.33. The molecule has 3 atom stereocenters. The van der Waals surface area contributed by atoms with Crippen molar-refractivity contribution >= 4 is 58.0 Å². The normalized spacial score (nSPS) is 19.8. The van der Waals surface area contributed by atoms with Crippen LogP contribution in [0, 0.1) is 0 Å². The van der Waals surface area contributed by atoms with Crippen molar-refractivity contribution in [3.63, 3.8) is 0 Å². The first kappa shape index (κ1) is 36.0. The highest BCUT2D eigenvalue weighted by Crippen LogP contribution is 2.35. The Hall–Kier alpha value is -5.34. The summed E-state index contributed by atoms with van der Waals surface area (Å²) in [4.78, 5) is 75.9. The van der Waals surface area contributed by atoms with E-state index in [4.69, 9.17) is 21.3 Å². The predicted molar refractivity (Wildman–Crippen MR) is 197 cm³/mol. The van der Waals surface area contributed by atoms with E-state index in [0.717, 1.165) is 72.9 Å². The molecule has 276 valence electrons. The summed E-state index contributed by atoms with van der Waals surface area (Å²) in [6.07, 6.45) is 10.6. The number of para-hydroxylation sites is 1. The molecular weight excluding hydrogens is 700 g/mol. The van der Waals surface area contributed by atoms with E-state index in [1.54, 1.807) is 12.3 Å². The molecule has 0 bridgehead atoms. The number of aromatic nitrogens is 3. The van der Waals surface area contributed by atoms with Crippen LogP contribution in [0.1, 0.15) is 78.5 Å². The quantitative estimate of drug-likeness (QED) is 0.0866. The highest BCUT2D eigenvalue weighted by atomic mass is 35.5. The zero-order valence-electron chi connectivity index (χ0n) is 29.1. The third-order valence-corrected chi connectivity index (χ3v) is 10.3. The molecule has 0 radical (unpaired) electrons. The fourth-order valence-electron chi connectivity index (χ4n) is 7.31. The Balaban J connectivity index is 0.773. The van der Waals surface area contributed by atoms with Crippen LogP contribution in [0.5, 0.6) is 5.75 Å². The average molecular weight is 741 g/mol. The topological polar surface area (TPSA) is 188 Å². The molecule has 2 fully saturated rings. The summed E-state index contributed by atoms with van der Waals surface area (Å²) in [5.74, 6) is -2.11. The van der Waals surface area contributed by atoms with E-state index in [1.165, 1.54) is 12.1 Å². The van der Waals surface area contributed by atoms with Gasteiger partial charge in [0, 0.05) is 47.7 Å². The fourth-order valence-corrected chi connectivity index (χ4v) is 7.50. The van der Waals surface area contributed by atoms with E-state index in [-0.39, 0.29) is 48.3 Å². The number of benzene rings is 2. The predicted octanol–water partition coefficient (Wildman–Crippen LogP) is 4.36. The highest BCUT2D eigenvalue weighted by Gasteiger charge is 2.46. The molecule has 4 aromatic rings. The Labute approximate surface area is 310 Å². The van der Waals surface area contributed by atoms with Gasteiger partial charge in [-0.25, -0.2) is 9.97 Å². The lowest BCUT2D eigenvalue weighted by molar-refractivity contribution is -0.136. The van der Waals surface area contributed by atoms with Gasteiger partial charge in [0.1, 0.15) is 11.8 Å². The summed E-state index contributed by atoms with van der Waals surface area (Å²) in [5, 5.41) is 13.8. The van der Waals surface area contributed by atoms with Gasteiger partial charge in [0.2, 0.25) is 17.8 Å². The van der Waals surface area contributed by atoms with E-state index in [1.807, 2.05) is 30.5 Å². The van der Waals surface area contributed by atoms with Gasteiger partial charge in [-0.1, -0.05) is 48.7 Å². The summed E-state index contributed by atoms with van der Waals surface area (Å²) >= 11 is 6.50. The number of ether oxygens (including phenoxy) is 1. The lowest BCUT2D eigenvalue weighted by Crippen LogP contribution is -2.54. The van der Waals surface area contributed by atoms with Gasteiger partial charge in [0.15, 0.2) is 6.61 Å². The van der Waals surface area contributed by atoms with E-state index in [9.17, 15) is 24.0 Å². The summed E-state index contributed by atoms with van der Waals surface area (Å²) in [7, 11) is 0. The van der Waals surface area contributed by atoms with Crippen molar-refractivity contribution < 1.29 is 28.7 Å². The van der Waals surface area contributed by atoms with Crippen molar-refractivity contribution in [2.75, 3.05) is 25.0 Å². The van der Waals surface area contributed by atoms with Crippen LogP contribution in [0.4, 0.5) is 5.95 Å². The number of carbonyl (C=O) groups excluding carboxylic acids is 5. The number of halogens is 1. The number of nitrogens with zero attached hydrogens (tertiary/aromatic N) is 3. The maximum atomic E-state index is 13.2. The molecule has 7 rings (SSSR count). The molecule has 3 aliphatic rings. The van der Waals surface area contributed by atoms with Gasteiger partial charge >= 0.3 is 0 Å². The number of unbranched alkanes of at least 4 members (excludes halogenated alkanes) is 3. The molecule has 4 heterocycles. The third kappa shape index (κ3) is 8.03. The lowest BCUT2D eigenvalue weighted by Gasteiger charge is -2.27. The van der Waals surface area contributed by atoms with Crippen LogP contribution in [0.2, 0.25) is 5.02 Å². The van der Waals surface area contributed by atoms with Crippen molar-refractivity contribution in [1.29, 1.82) is 0 Å². The number of hydrogen-bond acceptors (Lipinski definition) is 10. The Morgan fingerprint density at radius 3 is 2.58 bits per heavy atom. The first-order valence-corrected chi connectivity index (χ1v) is 18.5. The van der Waals surface area contributed by atoms with Crippen molar-refractivity contribution in [3.8, 4) is 17.0 Å². The lowest BCUT2D eigenvalue weighted by atomic mass is 10.0. The number of hydrogen-bond donors (Lipinski definition) is 5. The number of fused-ring (bicyclic) bond motifs is 2. The third-order valence-electron chi connectivity index (χ3n) is 10.0. The summed E-state index contributed by atoms with van der Waals surface area (Å²) < 4.78 is 5.66. The number of nitrogens with one attached hydrogen (secondary N) is 5. The second kappa shape index (κ2) is 16.1. The maximum absolute atomic E-state index is 13.2. The number of anilines is 1. The van der Waals surface area contributed by atoms with Crippen molar-refractivity contribution in [1.82, 2.24) is 35.8 Å². The van der Waals surface area contributed by atoms with Crippen LogP contribution < -0.4 is 26.0 Å². The zero-order chi connectivity index (χ0) is 36.9. The number of H-pyrrole nitrogens is 1. The van der Waals surface area contributed by atoms with E-state index in [0.29, 0.717) is 29.3 Å². The van der Waals surface area contributed by atoms with E-state index in [2.05, 4.69) is 31.2 Å². The summed E-state index contributed by atoms with van der Waals surface area (Å²) in [6.45, 7) is 1.09. The molecule has 2 aliphatic heterocycles. The Morgan fingerprint density at radius 1 is 0.925 bits per heavy atom.